The maximum atomic E-state index is 12.3. The van der Waals surface area contributed by atoms with Gasteiger partial charge in [0.2, 0.25) is 0 Å². The van der Waals surface area contributed by atoms with Crippen molar-refractivity contribution in [2.45, 2.75) is 32.4 Å². The summed E-state index contributed by atoms with van der Waals surface area (Å²) in [5.41, 5.74) is 2.57. The molecule has 2 atom stereocenters. The first kappa shape index (κ1) is 18.5. The molecule has 25 heavy (non-hydrogen) atoms. The number of nitrogens with one attached hydrogen (secondary N) is 1. The van der Waals surface area contributed by atoms with E-state index in [0.29, 0.717) is 11.3 Å². The Morgan fingerprint density at radius 1 is 1.20 bits per heavy atom. The number of hydrogen-bond donors (Lipinski definition) is 2. The SMILES string of the molecule is CCc1ccc(C(CO)NC(=O)C(C)Oc2ccc(C#N)cc2)cc1. The maximum Gasteiger partial charge on any atom is 0.261 e. The average molecular weight is 338 g/mol. The smallest absolute Gasteiger partial charge is 0.261 e. The number of nitrogens with zero attached hydrogens (tertiary/aromatic N) is 1. The van der Waals surface area contributed by atoms with Crippen molar-refractivity contribution in [3.8, 4) is 11.8 Å². The van der Waals surface area contributed by atoms with Crippen LogP contribution in [0, 0.1) is 11.3 Å². The Kier molecular flexibility index (Phi) is 6.55. The van der Waals surface area contributed by atoms with Crippen LogP contribution in [-0.2, 0) is 11.2 Å². The first-order chi connectivity index (χ1) is 12.1. The monoisotopic (exact) mass is 338 g/mol. The Bertz CT molecular complexity index is 733. The van der Waals surface area contributed by atoms with Gasteiger partial charge in [-0.25, -0.2) is 0 Å². The Morgan fingerprint density at radius 3 is 2.36 bits per heavy atom. The molecule has 0 aliphatic rings. The summed E-state index contributed by atoms with van der Waals surface area (Å²) < 4.78 is 5.59. The van der Waals surface area contributed by atoms with E-state index in [1.807, 2.05) is 30.3 Å². The molecule has 0 saturated carbocycles. The Labute approximate surface area is 147 Å². The van der Waals surface area contributed by atoms with E-state index in [9.17, 15) is 9.90 Å². The van der Waals surface area contributed by atoms with E-state index in [2.05, 4.69) is 12.2 Å². The van der Waals surface area contributed by atoms with Crippen LogP contribution in [0.1, 0.15) is 36.6 Å². The molecule has 5 nitrogen and oxygen atoms in total. The molecule has 2 unspecified atom stereocenters. The van der Waals surface area contributed by atoms with Crippen LogP contribution in [-0.4, -0.2) is 23.7 Å². The highest BCUT2D eigenvalue weighted by molar-refractivity contribution is 5.81. The number of rotatable bonds is 7. The molecule has 2 aromatic rings. The molecule has 0 heterocycles. The van der Waals surface area contributed by atoms with Gasteiger partial charge in [0.25, 0.3) is 5.91 Å². The number of nitriles is 1. The second-order valence-electron chi connectivity index (χ2n) is 5.74. The van der Waals surface area contributed by atoms with Crippen molar-refractivity contribution in [1.82, 2.24) is 5.32 Å². The van der Waals surface area contributed by atoms with Crippen LogP contribution in [0.4, 0.5) is 0 Å². The zero-order valence-electron chi connectivity index (χ0n) is 14.4. The van der Waals surface area contributed by atoms with Gasteiger partial charge in [0.1, 0.15) is 5.75 Å². The molecular weight excluding hydrogens is 316 g/mol. The summed E-state index contributed by atoms with van der Waals surface area (Å²) in [6.07, 6.45) is 0.211. The third-order valence-corrected chi connectivity index (χ3v) is 3.95. The zero-order valence-corrected chi connectivity index (χ0v) is 14.4. The van der Waals surface area contributed by atoms with E-state index in [-0.39, 0.29) is 12.5 Å². The summed E-state index contributed by atoms with van der Waals surface area (Å²) in [6, 6.07) is 15.9. The maximum absolute atomic E-state index is 12.3. The molecule has 0 spiro atoms. The minimum Gasteiger partial charge on any atom is -0.481 e. The normalized spacial score (nSPS) is 12.7. The molecule has 2 rings (SSSR count). The minimum atomic E-state index is -0.725. The lowest BCUT2D eigenvalue weighted by Crippen LogP contribution is -2.39. The Morgan fingerprint density at radius 2 is 1.84 bits per heavy atom. The van der Waals surface area contributed by atoms with Crippen LogP contribution in [0.2, 0.25) is 0 Å². The lowest BCUT2D eigenvalue weighted by molar-refractivity contribution is -0.128. The van der Waals surface area contributed by atoms with Crippen molar-refractivity contribution < 1.29 is 14.6 Å². The third-order valence-electron chi connectivity index (χ3n) is 3.95. The number of aryl methyl sites for hydroxylation is 1. The van der Waals surface area contributed by atoms with Gasteiger partial charge in [0.05, 0.1) is 24.3 Å². The minimum absolute atomic E-state index is 0.194. The predicted molar refractivity (Wildman–Crippen MR) is 95.0 cm³/mol. The van der Waals surface area contributed by atoms with E-state index in [1.165, 1.54) is 5.56 Å². The van der Waals surface area contributed by atoms with Crippen LogP contribution in [0.5, 0.6) is 5.75 Å². The summed E-state index contributed by atoms with van der Waals surface area (Å²) in [5, 5.41) is 21.2. The third kappa shape index (κ3) is 5.07. The highest BCUT2D eigenvalue weighted by atomic mass is 16.5. The summed E-state index contributed by atoms with van der Waals surface area (Å²) >= 11 is 0. The molecule has 0 saturated heterocycles. The van der Waals surface area contributed by atoms with E-state index in [0.717, 1.165) is 12.0 Å². The molecule has 0 aliphatic heterocycles. The van der Waals surface area contributed by atoms with E-state index in [4.69, 9.17) is 10.00 Å². The quantitative estimate of drug-likeness (QED) is 0.813. The average Bonchev–Trinajstić information content (AvgIpc) is 2.66. The van der Waals surface area contributed by atoms with E-state index >= 15 is 0 Å². The molecule has 0 aromatic heterocycles. The number of benzene rings is 2. The van der Waals surface area contributed by atoms with Gasteiger partial charge in [-0.2, -0.15) is 5.26 Å². The molecule has 2 N–H and O–H groups in total. The van der Waals surface area contributed by atoms with Gasteiger partial charge in [0, 0.05) is 0 Å². The number of carbonyl (C=O) groups is 1. The molecule has 0 fully saturated rings. The summed E-state index contributed by atoms with van der Waals surface area (Å²) in [7, 11) is 0. The molecule has 0 aliphatic carbocycles. The van der Waals surface area contributed by atoms with Crippen LogP contribution in [0.15, 0.2) is 48.5 Å². The fourth-order valence-electron chi connectivity index (χ4n) is 2.37. The lowest BCUT2D eigenvalue weighted by atomic mass is 10.0. The van der Waals surface area contributed by atoms with E-state index in [1.54, 1.807) is 31.2 Å². The number of aliphatic hydroxyl groups is 1. The Hall–Kier alpha value is -2.84. The molecule has 2 aromatic carbocycles. The van der Waals surface area contributed by atoms with Crippen molar-refractivity contribution in [2.75, 3.05) is 6.61 Å². The van der Waals surface area contributed by atoms with Crippen molar-refractivity contribution in [2.24, 2.45) is 0 Å². The zero-order chi connectivity index (χ0) is 18.2. The van der Waals surface area contributed by atoms with Gasteiger partial charge in [-0.15, -0.1) is 0 Å². The van der Waals surface area contributed by atoms with Crippen LogP contribution >= 0.6 is 0 Å². The topological polar surface area (TPSA) is 82.3 Å². The first-order valence-corrected chi connectivity index (χ1v) is 8.24. The van der Waals surface area contributed by atoms with Crippen molar-refractivity contribution in [3.05, 3.63) is 65.2 Å². The van der Waals surface area contributed by atoms with Crippen molar-refractivity contribution >= 4 is 5.91 Å². The molecule has 130 valence electrons. The van der Waals surface area contributed by atoms with Gasteiger partial charge in [0.15, 0.2) is 6.10 Å². The second-order valence-corrected chi connectivity index (χ2v) is 5.74. The number of aliphatic hydroxyl groups excluding tert-OH is 1. The van der Waals surface area contributed by atoms with Gasteiger partial charge >= 0.3 is 0 Å². The lowest BCUT2D eigenvalue weighted by Gasteiger charge is -2.20. The highest BCUT2D eigenvalue weighted by Gasteiger charge is 2.20. The summed E-state index contributed by atoms with van der Waals surface area (Å²) in [4.78, 5) is 12.3. The second kappa shape index (κ2) is 8.86. The number of amides is 1. The van der Waals surface area contributed by atoms with Gasteiger partial charge in [-0.1, -0.05) is 31.2 Å². The largest absolute Gasteiger partial charge is 0.481 e. The molecule has 0 bridgehead atoms. The summed E-state index contributed by atoms with van der Waals surface area (Å²) in [5.74, 6) is 0.192. The standard InChI is InChI=1S/C20H22N2O3/c1-3-15-4-8-17(9-5-15)19(13-23)22-20(24)14(2)25-18-10-6-16(12-21)7-11-18/h4-11,14,19,23H,3,13H2,1-2H3,(H,22,24). The van der Waals surface area contributed by atoms with Crippen molar-refractivity contribution in [3.63, 3.8) is 0 Å². The highest BCUT2D eigenvalue weighted by Crippen LogP contribution is 2.16. The Balaban J connectivity index is 1.98. The van der Waals surface area contributed by atoms with Gasteiger partial charge < -0.3 is 15.2 Å². The van der Waals surface area contributed by atoms with E-state index < -0.39 is 12.1 Å². The molecule has 1 amide bonds. The molecule has 0 radical (unpaired) electrons. The van der Waals surface area contributed by atoms with Gasteiger partial charge in [-0.3, -0.25) is 4.79 Å². The fraction of sp³-hybridized carbons (Fsp3) is 0.300. The van der Waals surface area contributed by atoms with Crippen LogP contribution < -0.4 is 10.1 Å². The summed E-state index contributed by atoms with van der Waals surface area (Å²) in [6.45, 7) is 3.52. The molecule has 5 heteroatoms. The fourth-order valence-corrected chi connectivity index (χ4v) is 2.37. The molecular formula is C20H22N2O3. The van der Waals surface area contributed by atoms with Crippen molar-refractivity contribution in [1.29, 1.82) is 5.26 Å². The first-order valence-electron chi connectivity index (χ1n) is 8.24. The number of hydrogen-bond acceptors (Lipinski definition) is 4. The number of ether oxygens (including phenoxy) is 1. The van der Waals surface area contributed by atoms with Crippen LogP contribution in [0.3, 0.4) is 0 Å². The predicted octanol–water partition coefficient (Wildman–Crippen LogP) is 2.74. The van der Waals surface area contributed by atoms with Crippen LogP contribution in [0.25, 0.3) is 0 Å². The number of carbonyl (C=O) groups excluding carboxylic acids is 1. The van der Waals surface area contributed by atoms with Gasteiger partial charge in [-0.05, 0) is 48.7 Å².